The molecule has 0 amide bonds. The van der Waals surface area contributed by atoms with Crippen LogP contribution < -0.4 is 0 Å². The molecule has 0 N–H and O–H groups in total. The van der Waals surface area contributed by atoms with E-state index in [0.717, 1.165) is 135 Å². The number of carbonyl (C=O) groups is 3. The smallest absolute Gasteiger partial charge is 0.306 e. The summed E-state index contributed by atoms with van der Waals surface area (Å²) in [5.41, 5.74) is 0. The molecule has 324 valence electrons. The molecule has 0 saturated heterocycles. The lowest BCUT2D eigenvalue weighted by Crippen LogP contribution is -2.30. The van der Waals surface area contributed by atoms with Crippen LogP contribution in [0, 0.1) is 0 Å². The summed E-state index contributed by atoms with van der Waals surface area (Å²) in [5, 5.41) is 0. The highest BCUT2D eigenvalue weighted by Crippen LogP contribution is 2.12. The average Bonchev–Trinajstić information content (AvgIpc) is 3.21. The Morgan fingerprint density at radius 1 is 0.368 bits per heavy atom. The lowest BCUT2D eigenvalue weighted by molar-refractivity contribution is -0.167. The number of ether oxygens (including phenoxy) is 3. The molecule has 0 aliphatic heterocycles. The van der Waals surface area contributed by atoms with E-state index in [0.29, 0.717) is 19.3 Å². The largest absolute Gasteiger partial charge is 0.462 e. The first-order valence-electron chi connectivity index (χ1n) is 23.1. The first-order chi connectivity index (χ1) is 28.0. The molecule has 0 aromatic carbocycles. The van der Waals surface area contributed by atoms with Crippen LogP contribution in [0.2, 0.25) is 0 Å². The van der Waals surface area contributed by atoms with Gasteiger partial charge in [-0.3, -0.25) is 14.4 Å². The fourth-order valence-corrected chi connectivity index (χ4v) is 5.92. The molecule has 0 aliphatic carbocycles. The van der Waals surface area contributed by atoms with Crippen molar-refractivity contribution >= 4 is 17.9 Å². The minimum absolute atomic E-state index is 0.0988. The number of allylic oxidation sites excluding steroid dienone is 14. The number of unbranched alkanes of at least 4 members (excludes halogenated alkanes) is 15. The molecule has 0 heterocycles. The van der Waals surface area contributed by atoms with Gasteiger partial charge in [-0.05, 0) is 103 Å². The second-order valence-electron chi connectivity index (χ2n) is 14.9. The third kappa shape index (κ3) is 43.6. The molecule has 0 bridgehead atoms. The molecular formula is C51H84O6. The summed E-state index contributed by atoms with van der Waals surface area (Å²) in [6.07, 6.45) is 57.1. The minimum atomic E-state index is -0.799. The molecule has 0 aromatic heterocycles. The Balaban J connectivity index is 4.48. The summed E-state index contributed by atoms with van der Waals surface area (Å²) in [5.74, 6) is -0.961. The van der Waals surface area contributed by atoms with Crippen LogP contribution in [-0.2, 0) is 28.6 Å². The first kappa shape index (κ1) is 53.6. The van der Waals surface area contributed by atoms with E-state index >= 15 is 0 Å². The first-order valence-corrected chi connectivity index (χ1v) is 23.1. The molecule has 0 aromatic rings. The van der Waals surface area contributed by atoms with Gasteiger partial charge < -0.3 is 14.2 Å². The lowest BCUT2D eigenvalue weighted by Gasteiger charge is -2.18. The zero-order chi connectivity index (χ0) is 41.5. The van der Waals surface area contributed by atoms with Crippen molar-refractivity contribution in [3.63, 3.8) is 0 Å². The Bertz CT molecular complexity index is 1140. The van der Waals surface area contributed by atoms with Crippen LogP contribution in [0.4, 0.5) is 0 Å². The van der Waals surface area contributed by atoms with Gasteiger partial charge in [-0.2, -0.15) is 0 Å². The highest BCUT2D eigenvalue weighted by molar-refractivity contribution is 5.71. The van der Waals surface area contributed by atoms with Gasteiger partial charge in [-0.1, -0.05) is 164 Å². The van der Waals surface area contributed by atoms with E-state index in [-0.39, 0.29) is 31.1 Å². The molecule has 0 saturated carbocycles. The molecule has 6 heteroatoms. The molecule has 6 nitrogen and oxygen atoms in total. The van der Waals surface area contributed by atoms with E-state index in [1.165, 1.54) is 25.7 Å². The second kappa shape index (κ2) is 45.3. The van der Waals surface area contributed by atoms with Gasteiger partial charge in [0.05, 0.1) is 0 Å². The minimum Gasteiger partial charge on any atom is -0.462 e. The third-order valence-corrected chi connectivity index (χ3v) is 9.36. The Kier molecular flexibility index (Phi) is 42.6. The summed E-state index contributed by atoms with van der Waals surface area (Å²) in [6.45, 7) is 6.30. The molecule has 0 fully saturated rings. The van der Waals surface area contributed by atoms with Gasteiger partial charge in [0.2, 0.25) is 0 Å². The standard InChI is InChI=1S/C51H84O6/c1-4-7-10-13-16-19-22-24-26-29-32-35-38-41-44-50(53)56-47-48(46-55-49(52)43-40-37-34-31-28-21-18-15-12-9-6-3)57-51(54)45-42-39-36-33-30-27-25-23-20-17-14-11-8-5-2/h7-8,10-11,15-20,24-27,48H,4-6,9,12-14,21-23,28-47H2,1-3H3/b10-7-,11-8-,18-15-,19-16-,20-17-,26-24-,27-25-. The Hall–Kier alpha value is -3.41. The van der Waals surface area contributed by atoms with Crippen LogP contribution in [0.5, 0.6) is 0 Å². The molecule has 0 rings (SSSR count). The maximum Gasteiger partial charge on any atom is 0.306 e. The summed E-state index contributed by atoms with van der Waals surface area (Å²) in [7, 11) is 0. The van der Waals surface area contributed by atoms with Crippen molar-refractivity contribution in [2.75, 3.05) is 13.2 Å². The van der Waals surface area contributed by atoms with E-state index in [1.807, 2.05) is 0 Å². The fourth-order valence-electron chi connectivity index (χ4n) is 5.92. The molecule has 0 radical (unpaired) electrons. The topological polar surface area (TPSA) is 78.9 Å². The van der Waals surface area contributed by atoms with Crippen molar-refractivity contribution in [1.82, 2.24) is 0 Å². The van der Waals surface area contributed by atoms with Gasteiger partial charge in [-0.25, -0.2) is 0 Å². The Morgan fingerprint density at radius 3 is 1.09 bits per heavy atom. The number of esters is 3. The van der Waals surface area contributed by atoms with Gasteiger partial charge in [0, 0.05) is 19.3 Å². The van der Waals surface area contributed by atoms with Crippen LogP contribution >= 0.6 is 0 Å². The summed E-state index contributed by atoms with van der Waals surface area (Å²) in [4.78, 5) is 37.8. The van der Waals surface area contributed by atoms with Crippen molar-refractivity contribution in [3.8, 4) is 0 Å². The van der Waals surface area contributed by atoms with Crippen LogP contribution in [0.3, 0.4) is 0 Å². The number of hydrogen-bond acceptors (Lipinski definition) is 6. The fraction of sp³-hybridized carbons (Fsp3) is 0.667. The third-order valence-electron chi connectivity index (χ3n) is 9.36. The van der Waals surface area contributed by atoms with Crippen molar-refractivity contribution in [1.29, 1.82) is 0 Å². The Morgan fingerprint density at radius 2 is 0.684 bits per heavy atom. The summed E-state index contributed by atoms with van der Waals surface area (Å²) in [6, 6.07) is 0. The maximum atomic E-state index is 12.7. The molecular weight excluding hydrogens is 709 g/mol. The van der Waals surface area contributed by atoms with Gasteiger partial charge in [0.25, 0.3) is 0 Å². The zero-order valence-electron chi connectivity index (χ0n) is 36.8. The number of hydrogen-bond donors (Lipinski definition) is 0. The van der Waals surface area contributed by atoms with E-state index in [1.54, 1.807) is 0 Å². The summed E-state index contributed by atoms with van der Waals surface area (Å²) < 4.78 is 16.7. The van der Waals surface area contributed by atoms with Crippen molar-refractivity contribution in [2.45, 2.75) is 207 Å². The van der Waals surface area contributed by atoms with E-state index < -0.39 is 6.10 Å². The maximum absolute atomic E-state index is 12.7. The Labute approximate surface area is 350 Å². The van der Waals surface area contributed by atoms with Crippen molar-refractivity contribution in [3.05, 3.63) is 85.1 Å². The van der Waals surface area contributed by atoms with E-state index in [2.05, 4.69) is 106 Å². The average molecular weight is 793 g/mol. The van der Waals surface area contributed by atoms with E-state index in [9.17, 15) is 14.4 Å². The number of rotatable bonds is 40. The molecule has 1 atom stereocenters. The summed E-state index contributed by atoms with van der Waals surface area (Å²) >= 11 is 0. The quantitative estimate of drug-likeness (QED) is 0.0266. The normalized spacial score (nSPS) is 12.8. The highest BCUT2D eigenvalue weighted by atomic mass is 16.6. The highest BCUT2D eigenvalue weighted by Gasteiger charge is 2.19. The molecule has 1 unspecified atom stereocenters. The predicted molar refractivity (Wildman–Crippen MR) is 242 cm³/mol. The number of carbonyl (C=O) groups excluding carboxylic acids is 3. The van der Waals surface area contributed by atoms with Gasteiger partial charge in [-0.15, -0.1) is 0 Å². The lowest BCUT2D eigenvalue weighted by atomic mass is 10.1. The van der Waals surface area contributed by atoms with E-state index in [4.69, 9.17) is 14.2 Å². The monoisotopic (exact) mass is 793 g/mol. The van der Waals surface area contributed by atoms with Gasteiger partial charge in [0.1, 0.15) is 13.2 Å². The zero-order valence-corrected chi connectivity index (χ0v) is 36.8. The molecule has 0 aliphatic rings. The van der Waals surface area contributed by atoms with Crippen LogP contribution in [0.15, 0.2) is 85.1 Å². The van der Waals surface area contributed by atoms with Crippen LogP contribution in [0.1, 0.15) is 201 Å². The SMILES string of the molecule is CC/C=C\C/C=C\C/C=C\CCCCCCC(=O)OCC(COC(=O)CCCCCCC/C=C\CCCC)OC(=O)CCCCCC/C=C\C/C=C\C/C=C\CC. The van der Waals surface area contributed by atoms with Gasteiger partial charge >= 0.3 is 17.9 Å². The second-order valence-corrected chi connectivity index (χ2v) is 14.9. The molecule has 57 heavy (non-hydrogen) atoms. The predicted octanol–water partition coefficient (Wildman–Crippen LogP) is 14.9. The molecule has 0 spiro atoms. The van der Waals surface area contributed by atoms with Gasteiger partial charge in [0.15, 0.2) is 6.10 Å². The van der Waals surface area contributed by atoms with Crippen LogP contribution in [0.25, 0.3) is 0 Å². The van der Waals surface area contributed by atoms with Crippen LogP contribution in [-0.4, -0.2) is 37.2 Å². The van der Waals surface area contributed by atoms with Crippen molar-refractivity contribution < 1.29 is 28.6 Å². The van der Waals surface area contributed by atoms with Crippen molar-refractivity contribution in [2.24, 2.45) is 0 Å².